The number of hydrogen-bond acceptors (Lipinski definition) is 3. The van der Waals surface area contributed by atoms with Gasteiger partial charge < -0.3 is 5.32 Å². The Hall–Kier alpha value is -2.86. The van der Waals surface area contributed by atoms with E-state index in [4.69, 9.17) is 0 Å². The van der Waals surface area contributed by atoms with Crippen LogP contribution in [0.15, 0.2) is 66.7 Å². The van der Waals surface area contributed by atoms with Crippen molar-refractivity contribution >= 4 is 32.4 Å². The number of anilines is 1. The molecule has 3 aromatic carbocycles. The number of carbonyl (C=O) groups is 1. The normalized spacial score (nSPS) is 12.5. The first kappa shape index (κ1) is 17.9. The molecule has 0 aliphatic rings. The van der Waals surface area contributed by atoms with Gasteiger partial charge in [-0.15, -0.1) is 0 Å². The van der Waals surface area contributed by atoms with Crippen LogP contribution < -0.4 is 10.0 Å². The maximum absolute atomic E-state index is 12.7. The number of amides is 1. The van der Waals surface area contributed by atoms with E-state index in [-0.39, 0.29) is 23.2 Å². The second-order valence-corrected chi connectivity index (χ2v) is 7.97. The molecule has 0 fully saturated rings. The Labute approximate surface area is 153 Å². The summed E-state index contributed by atoms with van der Waals surface area (Å²) in [6, 6.07) is 20.4. The van der Waals surface area contributed by atoms with Crippen molar-refractivity contribution in [3.8, 4) is 0 Å². The lowest BCUT2D eigenvalue weighted by molar-refractivity contribution is 0.0941. The lowest BCUT2D eigenvalue weighted by Crippen LogP contribution is -2.27. The Morgan fingerprint density at radius 3 is 2.31 bits per heavy atom. The molecular formula is C20H20N2O3S. The Morgan fingerprint density at radius 1 is 0.923 bits per heavy atom. The van der Waals surface area contributed by atoms with Gasteiger partial charge in [-0.05, 0) is 41.5 Å². The van der Waals surface area contributed by atoms with Crippen LogP contribution >= 0.6 is 0 Å². The van der Waals surface area contributed by atoms with Crippen LogP contribution in [0, 0.1) is 0 Å². The average molecular weight is 368 g/mol. The van der Waals surface area contributed by atoms with Gasteiger partial charge in [-0.1, -0.05) is 48.5 Å². The predicted octanol–water partition coefficient (Wildman–Crippen LogP) is 3.70. The Bertz CT molecular complexity index is 1060. The van der Waals surface area contributed by atoms with Crippen molar-refractivity contribution in [3.63, 3.8) is 0 Å². The SMILES string of the molecule is CC(NC(=O)c1ccccc1NS(C)(=O)=O)c1ccc2ccccc2c1. The molecule has 0 aliphatic heterocycles. The average Bonchev–Trinajstić information content (AvgIpc) is 2.60. The molecule has 5 nitrogen and oxygen atoms in total. The van der Waals surface area contributed by atoms with Gasteiger partial charge in [-0.2, -0.15) is 0 Å². The third kappa shape index (κ3) is 4.21. The smallest absolute Gasteiger partial charge is 0.253 e. The minimum Gasteiger partial charge on any atom is -0.345 e. The molecule has 134 valence electrons. The van der Waals surface area contributed by atoms with Crippen molar-refractivity contribution < 1.29 is 13.2 Å². The molecule has 26 heavy (non-hydrogen) atoms. The quantitative estimate of drug-likeness (QED) is 0.721. The fraction of sp³-hybridized carbons (Fsp3) is 0.150. The highest BCUT2D eigenvalue weighted by molar-refractivity contribution is 7.92. The molecule has 1 atom stereocenters. The van der Waals surface area contributed by atoms with E-state index < -0.39 is 10.0 Å². The molecule has 0 saturated heterocycles. The maximum atomic E-state index is 12.7. The summed E-state index contributed by atoms with van der Waals surface area (Å²) < 4.78 is 25.4. The fourth-order valence-electron chi connectivity index (χ4n) is 2.80. The van der Waals surface area contributed by atoms with Crippen LogP contribution in [0.4, 0.5) is 5.69 Å². The summed E-state index contributed by atoms with van der Waals surface area (Å²) in [4.78, 5) is 12.7. The molecule has 0 radical (unpaired) electrons. The summed E-state index contributed by atoms with van der Waals surface area (Å²) in [5.74, 6) is -0.336. The zero-order valence-corrected chi connectivity index (χ0v) is 15.4. The largest absolute Gasteiger partial charge is 0.345 e. The van der Waals surface area contributed by atoms with E-state index in [9.17, 15) is 13.2 Å². The number of benzene rings is 3. The van der Waals surface area contributed by atoms with E-state index in [1.807, 2.05) is 49.4 Å². The van der Waals surface area contributed by atoms with Crippen LogP contribution in [-0.4, -0.2) is 20.6 Å². The molecule has 3 rings (SSSR count). The van der Waals surface area contributed by atoms with Crippen LogP contribution in [0.2, 0.25) is 0 Å². The molecule has 0 bridgehead atoms. The van der Waals surface area contributed by atoms with Crippen molar-refractivity contribution in [1.29, 1.82) is 0 Å². The van der Waals surface area contributed by atoms with Crippen molar-refractivity contribution in [2.45, 2.75) is 13.0 Å². The molecule has 1 amide bonds. The second-order valence-electron chi connectivity index (χ2n) is 6.22. The van der Waals surface area contributed by atoms with Gasteiger partial charge in [-0.25, -0.2) is 8.42 Å². The van der Waals surface area contributed by atoms with Crippen LogP contribution in [0.3, 0.4) is 0 Å². The summed E-state index contributed by atoms with van der Waals surface area (Å²) in [7, 11) is -3.47. The van der Waals surface area contributed by atoms with E-state index in [2.05, 4.69) is 10.0 Å². The molecule has 6 heteroatoms. The molecule has 0 saturated carbocycles. The van der Waals surface area contributed by atoms with E-state index in [0.29, 0.717) is 0 Å². The van der Waals surface area contributed by atoms with E-state index >= 15 is 0 Å². The van der Waals surface area contributed by atoms with E-state index in [0.717, 1.165) is 22.6 Å². The molecule has 0 heterocycles. The number of rotatable bonds is 5. The molecule has 1 unspecified atom stereocenters. The first-order valence-electron chi connectivity index (χ1n) is 8.20. The topological polar surface area (TPSA) is 75.3 Å². The lowest BCUT2D eigenvalue weighted by atomic mass is 10.0. The maximum Gasteiger partial charge on any atom is 0.253 e. The van der Waals surface area contributed by atoms with E-state index in [1.165, 1.54) is 0 Å². The zero-order valence-electron chi connectivity index (χ0n) is 14.6. The van der Waals surface area contributed by atoms with Gasteiger partial charge in [0.2, 0.25) is 10.0 Å². The second kappa shape index (κ2) is 7.17. The van der Waals surface area contributed by atoms with E-state index in [1.54, 1.807) is 24.3 Å². The van der Waals surface area contributed by atoms with Crippen LogP contribution in [0.1, 0.15) is 28.9 Å². The number of hydrogen-bond donors (Lipinski definition) is 2. The Morgan fingerprint density at radius 2 is 1.58 bits per heavy atom. The van der Waals surface area contributed by atoms with Crippen LogP contribution in [0.25, 0.3) is 10.8 Å². The zero-order chi connectivity index (χ0) is 18.7. The summed E-state index contributed by atoms with van der Waals surface area (Å²) in [6.45, 7) is 1.90. The highest BCUT2D eigenvalue weighted by Crippen LogP contribution is 2.22. The number of sulfonamides is 1. The number of carbonyl (C=O) groups excluding carboxylic acids is 1. The van der Waals surface area contributed by atoms with Gasteiger partial charge in [0.15, 0.2) is 0 Å². The third-order valence-corrected chi connectivity index (χ3v) is 4.68. The van der Waals surface area contributed by atoms with Crippen molar-refractivity contribution in [3.05, 3.63) is 77.9 Å². The molecule has 3 aromatic rings. The summed E-state index contributed by atoms with van der Waals surface area (Å²) in [6.07, 6.45) is 1.05. The van der Waals surface area contributed by atoms with Crippen molar-refractivity contribution in [2.75, 3.05) is 11.0 Å². The summed E-state index contributed by atoms with van der Waals surface area (Å²) in [5.41, 5.74) is 1.52. The van der Waals surface area contributed by atoms with Gasteiger partial charge in [0.1, 0.15) is 0 Å². The minimum atomic E-state index is -3.47. The lowest BCUT2D eigenvalue weighted by Gasteiger charge is -2.17. The molecule has 2 N–H and O–H groups in total. The number of nitrogens with one attached hydrogen (secondary N) is 2. The summed E-state index contributed by atoms with van der Waals surface area (Å²) in [5, 5.41) is 5.17. The van der Waals surface area contributed by atoms with Crippen molar-refractivity contribution in [1.82, 2.24) is 5.32 Å². The van der Waals surface area contributed by atoms with Crippen LogP contribution in [-0.2, 0) is 10.0 Å². The van der Waals surface area contributed by atoms with Gasteiger partial charge in [-0.3, -0.25) is 9.52 Å². The molecular weight excluding hydrogens is 348 g/mol. The summed E-state index contributed by atoms with van der Waals surface area (Å²) >= 11 is 0. The highest BCUT2D eigenvalue weighted by atomic mass is 32.2. The highest BCUT2D eigenvalue weighted by Gasteiger charge is 2.16. The predicted molar refractivity (Wildman–Crippen MR) is 105 cm³/mol. The molecule has 0 aromatic heterocycles. The number of para-hydroxylation sites is 1. The monoisotopic (exact) mass is 368 g/mol. The number of fused-ring (bicyclic) bond motifs is 1. The Balaban J connectivity index is 1.83. The van der Waals surface area contributed by atoms with Gasteiger partial charge in [0, 0.05) is 0 Å². The fourth-order valence-corrected chi connectivity index (χ4v) is 3.38. The minimum absolute atomic E-state index is 0.224. The van der Waals surface area contributed by atoms with Crippen molar-refractivity contribution in [2.24, 2.45) is 0 Å². The van der Waals surface area contributed by atoms with Gasteiger partial charge in [0.25, 0.3) is 5.91 Å². The Kier molecular flexibility index (Phi) is 4.95. The third-order valence-electron chi connectivity index (χ3n) is 4.09. The standard InChI is InChI=1S/C20H20N2O3S/c1-14(16-12-11-15-7-3-4-8-17(15)13-16)21-20(23)18-9-5-6-10-19(18)22-26(2,24)25/h3-14,22H,1-2H3,(H,21,23). The first-order valence-corrected chi connectivity index (χ1v) is 10.1. The first-order chi connectivity index (χ1) is 12.3. The molecule has 0 aliphatic carbocycles. The molecule has 0 spiro atoms. The van der Waals surface area contributed by atoms with Crippen LogP contribution in [0.5, 0.6) is 0 Å². The van der Waals surface area contributed by atoms with Gasteiger partial charge >= 0.3 is 0 Å². The van der Waals surface area contributed by atoms with Gasteiger partial charge in [0.05, 0.1) is 23.5 Å².